The molecule has 1 aromatic heterocycles. The number of aliphatic hydroxyl groups is 3. The van der Waals surface area contributed by atoms with Gasteiger partial charge >= 0.3 is 0 Å². The summed E-state index contributed by atoms with van der Waals surface area (Å²) in [5.41, 5.74) is 1.85. The predicted octanol–water partition coefficient (Wildman–Crippen LogP) is 3.70. The second-order valence-electron chi connectivity index (χ2n) is 11.2. The molecule has 0 radical (unpaired) electrons. The molecule has 5 N–H and O–H groups in total. The Bertz CT molecular complexity index is 1690. The molecule has 0 spiro atoms. The van der Waals surface area contributed by atoms with Crippen LogP contribution >= 0.6 is 0 Å². The van der Waals surface area contributed by atoms with Crippen molar-refractivity contribution >= 4 is 38.5 Å². The number of anilines is 3. The maximum absolute atomic E-state index is 13.5. The van der Waals surface area contributed by atoms with E-state index in [-0.39, 0.29) is 78.5 Å². The van der Waals surface area contributed by atoms with Crippen LogP contribution in [0.2, 0.25) is 0 Å². The molecule has 0 aliphatic heterocycles. The Morgan fingerprint density at radius 3 is 2.27 bits per heavy atom. The first-order chi connectivity index (χ1) is 23.4. The number of rotatable bonds is 20. The summed E-state index contributed by atoms with van der Waals surface area (Å²) in [6.07, 6.45) is -1.43. The molecule has 266 valence electrons. The fourth-order valence-corrected chi connectivity index (χ4v) is 6.33. The minimum absolute atomic E-state index is 0.0155. The highest BCUT2D eigenvalue weighted by Gasteiger charge is 2.25. The number of nitriles is 1. The van der Waals surface area contributed by atoms with Gasteiger partial charge in [0.15, 0.2) is 21.5 Å². The van der Waals surface area contributed by atoms with E-state index in [0.717, 1.165) is 5.69 Å². The first-order valence-electron chi connectivity index (χ1n) is 15.6. The molecule has 1 heterocycles. The minimum Gasteiger partial charge on any atom is -0.495 e. The second kappa shape index (κ2) is 19.0. The lowest BCUT2D eigenvalue weighted by Gasteiger charge is -2.25. The summed E-state index contributed by atoms with van der Waals surface area (Å²) in [6, 6.07) is 14.2. The van der Waals surface area contributed by atoms with Gasteiger partial charge in [-0.25, -0.2) is 13.4 Å². The van der Waals surface area contributed by atoms with Crippen molar-refractivity contribution < 1.29 is 37.9 Å². The van der Waals surface area contributed by atoms with E-state index in [1.54, 1.807) is 25.7 Å². The smallest absolute Gasteiger partial charge is 0.183 e. The van der Waals surface area contributed by atoms with Gasteiger partial charge in [-0.1, -0.05) is 18.2 Å². The molecule has 0 fully saturated rings. The number of hydrogen-bond acceptors (Lipinski definition) is 15. The van der Waals surface area contributed by atoms with E-state index in [9.17, 15) is 23.9 Å². The number of aliphatic hydroxyl groups excluding tert-OH is 3. The molecule has 2 atom stereocenters. The van der Waals surface area contributed by atoms with Gasteiger partial charge in [-0.15, -0.1) is 10.2 Å². The number of nitrogens with zero attached hydrogens (tertiary/aromatic N) is 5. The van der Waals surface area contributed by atoms with Crippen molar-refractivity contribution in [2.24, 2.45) is 10.2 Å². The Morgan fingerprint density at radius 2 is 1.67 bits per heavy atom. The lowest BCUT2D eigenvalue weighted by Crippen LogP contribution is -2.39. The summed E-state index contributed by atoms with van der Waals surface area (Å²) in [6.45, 7) is 5.96. The third-order valence-corrected chi connectivity index (χ3v) is 8.83. The van der Waals surface area contributed by atoms with E-state index in [1.165, 1.54) is 26.4 Å². The van der Waals surface area contributed by atoms with Crippen LogP contribution in [0.1, 0.15) is 25.0 Å². The molecule has 2 aromatic carbocycles. The topological polar surface area (TPSA) is 211 Å². The summed E-state index contributed by atoms with van der Waals surface area (Å²) in [7, 11) is -1.22. The lowest BCUT2D eigenvalue weighted by atomic mass is 10.1. The Balaban J connectivity index is 2.02. The lowest BCUT2D eigenvalue weighted by molar-refractivity contribution is 0.0873. The minimum atomic E-state index is -3.93. The molecule has 2 unspecified atom stereocenters. The molecule has 0 amide bonds. The zero-order chi connectivity index (χ0) is 36.0. The highest BCUT2D eigenvalue weighted by molar-refractivity contribution is 7.91. The van der Waals surface area contributed by atoms with Crippen LogP contribution in [0.4, 0.5) is 28.7 Å². The van der Waals surface area contributed by atoms with Crippen molar-refractivity contribution in [1.29, 1.82) is 5.26 Å². The van der Waals surface area contributed by atoms with Crippen LogP contribution in [0.3, 0.4) is 0 Å². The van der Waals surface area contributed by atoms with Crippen LogP contribution in [0, 0.1) is 18.3 Å². The van der Waals surface area contributed by atoms with Gasteiger partial charge in [-0.05, 0) is 32.9 Å². The number of para-hydroxylation sites is 1. The Hall–Kier alpha value is -4.37. The number of benzene rings is 2. The number of aromatic nitrogens is 1. The molecule has 0 aliphatic carbocycles. The zero-order valence-electron chi connectivity index (χ0n) is 28.4. The van der Waals surface area contributed by atoms with Crippen molar-refractivity contribution in [2.75, 3.05) is 76.6 Å². The van der Waals surface area contributed by atoms with Crippen LogP contribution < -0.4 is 20.1 Å². The number of methoxy groups -OCH3 is 2. The van der Waals surface area contributed by atoms with E-state index >= 15 is 0 Å². The monoisotopic (exact) mass is 699 g/mol. The normalized spacial score (nSPS) is 12.9. The molecular formula is C33H45N7O8S. The summed E-state index contributed by atoms with van der Waals surface area (Å²) < 4.78 is 43.4. The largest absolute Gasteiger partial charge is 0.495 e. The first-order valence-corrected chi connectivity index (χ1v) is 17.3. The van der Waals surface area contributed by atoms with E-state index in [4.69, 9.17) is 19.3 Å². The Labute approximate surface area is 287 Å². The van der Waals surface area contributed by atoms with Crippen molar-refractivity contribution in [1.82, 2.24) is 9.88 Å². The van der Waals surface area contributed by atoms with E-state index in [2.05, 4.69) is 31.9 Å². The van der Waals surface area contributed by atoms with Gasteiger partial charge in [-0.2, -0.15) is 5.26 Å². The van der Waals surface area contributed by atoms with Crippen LogP contribution in [0.15, 0.2) is 57.6 Å². The quantitative estimate of drug-likeness (QED) is 0.0842. The van der Waals surface area contributed by atoms with E-state index in [1.807, 2.05) is 30.3 Å². The van der Waals surface area contributed by atoms with Crippen molar-refractivity contribution in [3.05, 3.63) is 53.6 Å². The SMILES string of the molecule is COc1cc(S(=O)(=O)CCN(CC(C)O)CC(C)O)c(OC)cc1N=Nc1c(NCCOCCO)nc(Nc2ccccc2)c(C#N)c1C. The van der Waals surface area contributed by atoms with Gasteiger partial charge < -0.3 is 40.2 Å². The van der Waals surface area contributed by atoms with E-state index < -0.39 is 22.0 Å². The number of nitrogens with one attached hydrogen (secondary N) is 2. The third-order valence-electron chi connectivity index (χ3n) is 7.12. The highest BCUT2D eigenvalue weighted by atomic mass is 32.2. The van der Waals surface area contributed by atoms with Crippen LogP contribution in [0.5, 0.6) is 11.5 Å². The first kappa shape index (κ1) is 39.1. The summed E-state index contributed by atoms with van der Waals surface area (Å²) >= 11 is 0. The average Bonchev–Trinajstić information content (AvgIpc) is 3.06. The molecule has 0 saturated carbocycles. The van der Waals surface area contributed by atoms with Gasteiger partial charge in [0, 0.05) is 49.6 Å². The Morgan fingerprint density at radius 1 is 1.00 bits per heavy atom. The maximum atomic E-state index is 13.5. The number of ether oxygens (including phenoxy) is 3. The number of hydrogen-bond donors (Lipinski definition) is 5. The second-order valence-corrected chi connectivity index (χ2v) is 13.3. The van der Waals surface area contributed by atoms with Crippen LogP contribution in [-0.2, 0) is 14.6 Å². The molecule has 16 heteroatoms. The van der Waals surface area contributed by atoms with Gasteiger partial charge in [0.25, 0.3) is 0 Å². The standard InChI is InChI=1S/C33H45N7O8S/c1-22(42)20-40(21-23(2)43)12-16-49(44,45)30-18-28(46-4)27(17-29(30)47-5)38-39-31-24(3)26(19-34)32(36-25-9-7-6-8-10-25)37-33(31)35-11-14-48-15-13-41/h6-10,17-18,22-23,41-43H,11-16,20-21H2,1-5H3,(H2,35,36,37). The zero-order valence-corrected chi connectivity index (χ0v) is 29.2. The van der Waals surface area contributed by atoms with Gasteiger partial charge in [0.1, 0.15) is 33.8 Å². The molecule has 3 rings (SSSR count). The predicted molar refractivity (Wildman–Crippen MR) is 185 cm³/mol. The summed E-state index contributed by atoms with van der Waals surface area (Å²) in [4.78, 5) is 6.21. The van der Waals surface area contributed by atoms with Crippen LogP contribution in [0.25, 0.3) is 0 Å². The van der Waals surface area contributed by atoms with Gasteiger partial charge in [0.05, 0.1) is 57.6 Å². The third kappa shape index (κ3) is 11.3. The average molecular weight is 700 g/mol. The number of sulfone groups is 1. The Kier molecular flexibility index (Phi) is 15.1. The maximum Gasteiger partial charge on any atom is 0.183 e. The number of pyridine rings is 1. The van der Waals surface area contributed by atoms with Crippen molar-refractivity contribution in [2.45, 2.75) is 37.9 Å². The van der Waals surface area contributed by atoms with Gasteiger partial charge in [-0.3, -0.25) is 4.90 Å². The van der Waals surface area contributed by atoms with E-state index in [0.29, 0.717) is 23.7 Å². The van der Waals surface area contributed by atoms with Crippen LogP contribution in [-0.4, -0.2) is 112 Å². The summed E-state index contributed by atoms with van der Waals surface area (Å²) in [5.74, 6) is 0.415. The molecule has 0 aliphatic rings. The molecule has 15 nitrogen and oxygen atoms in total. The molecule has 49 heavy (non-hydrogen) atoms. The molecule has 0 saturated heterocycles. The van der Waals surface area contributed by atoms with Gasteiger partial charge in [0.2, 0.25) is 0 Å². The fraction of sp³-hybridized carbons (Fsp3) is 0.455. The molecule has 0 bridgehead atoms. The van der Waals surface area contributed by atoms with Crippen molar-refractivity contribution in [3.63, 3.8) is 0 Å². The van der Waals surface area contributed by atoms with Crippen molar-refractivity contribution in [3.8, 4) is 17.6 Å². The highest BCUT2D eigenvalue weighted by Crippen LogP contribution is 2.40. The number of azo groups is 1. The molecule has 3 aromatic rings. The fourth-order valence-electron chi connectivity index (χ4n) is 4.88. The molecular weight excluding hydrogens is 654 g/mol. The summed E-state index contributed by atoms with van der Waals surface area (Å²) in [5, 5.41) is 53.9.